The van der Waals surface area contributed by atoms with Crippen molar-refractivity contribution in [3.05, 3.63) is 63.7 Å². The number of anilines is 2. The van der Waals surface area contributed by atoms with Crippen LogP contribution < -0.4 is 10.2 Å². The minimum atomic E-state index is -0.830. The first-order valence-electron chi connectivity index (χ1n) is 9.58. The molecule has 1 heterocycles. The molecule has 1 fully saturated rings. The highest BCUT2D eigenvalue weighted by atomic mass is 16.6. The van der Waals surface area contributed by atoms with Gasteiger partial charge in [0.1, 0.15) is 0 Å². The summed E-state index contributed by atoms with van der Waals surface area (Å²) in [6.45, 7) is 0.869. The molecule has 0 aromatic heterocycles. The lowest BCUT2D eigenvalue weighted by Gasteiger charge is -2.20. The second-order valence-corrected chi connectivity index (χ2v) is 6.85. The van der Waals surface area contributed by atoms with Crippen molar-refractivity contribution >= 4 is 34.9 Å². The highest BCUT2D eigenvalue weighted by Crippen LogP contribution is 2.29. The molecule has 0 radical (unpaired) electrons. The highest BCUT2D eigenvalue weighted by molar-refractivity contribution is 5.99. The molecule has 1 aliphatic heterocycles. The van der Waals surface area contributed by atoms with Gasteiger partial charge in [0.25, 0.3) is 11.6 Å². The van der Waals surface area contributed by atoms with Crippen LogP contribution in [0.1, 0.15) is 33.6 Å². The molecule has 0 saturated carbocycles. The van der Waals surface area contributed by atoms with E-state index in [1.54, 1.807) is 12.1 Å². The van der Waals surface area contributed by atoms with Gasteiger partial charge in [0.15, 0.2) is 6.61 Å². The van der Waals surface area contributed by atoms with Crippen LogP contribution in [-0.4, -0.2) is 49.6 Å². The number of nitrogens with one attached hydrogen (secondary N) is 1. The van der Waals surface area contributed by atoms with Gasteiger partial charge in [-0.1, -0.05) is 6.07 Å². The minimum Gasteiger partial charge on any atom is -0.465 e. The summed E-state index contributed by atoms with van der Waals surface area (Å²) in [5, 5.41) is 13.6. The molecule has 0 bridgehead atoms. The number of carbonyl (C=O) groups excluding carboxylic acids is 3. The topological polar surface area (TPSA) is 128 Å². The fourth-order valence-electron chi connectivity index (χ4n) is 3.28. The standard InChI is InChI=1S/C21H21N3O7/c1-30-20(26)14-5-4-6-15(11-14)22-19(25)13-31-21(27)17-12-16(24(28)29)7-8-18(17)23-9-2-3-10-23/h4-8,11-12H,2-3,9-10,13H2,1H3,(H,22,25). The van der Waals surface area contributed by atoms with Crippen molar-refractivity contribution in [1.82, 2.24) is 0 Å². The number of non-ortho nitro benzene ring substituents is 1. The zero-order valence-corrected chi connectivity index (χ0v) is 16.8. The van der Waals surface area contributed by atoms with Gasteiger partial charge in [-0.2, -0.15) is 0 Å². The normalized spacial score (nSPS) is 12.9. The van der Waals surface area contributed by atoms with E-state index in [0.717, 1.165) is 32.0 Å². The molecule has 0 atom stereocenters. The summed E-state index contributed by atoms with van der Waals surface area (Å²) in [5.41, 5.74) is 0.927. The smallest absolute Gasteiger partial charge is 0.341 e. The molecule has 1 N–H and O–H groups in total. The molecular formula is C21H21N3O7. The third-order valence-electron chi connectivity index (χ3n) is 4.76. The van der Waals surface area contributed by atoms with Crippen LogP contribution in [0.15, 0.2) is 42.5 Å². The van der Waals surface area contributed by atoms with Crippen LogP contribution in [0.2, 0.25) is 0 Å². The van der Waals surface area contributed by atoms with Gasteiger partial charge in [0.05, 0.1) is 28.8 Å². The zero-order chi connectivity index (χ0) is 22.4. The second kappa shape index (κ2) is 9.70. The fraction of sp³-hybridized carbons (Fsp3) is 0.286. The first kappa shape index (κ1) is 21.8. The molecule has 1 amide bonds. The molecule has 31 heavy (non-hydrogen) atoms. The number of nitro benzene ring substituents is 1. The summed E-state index contributed by atoms with van der Waals surface area (Å²) in [7, 11) is 1.25. The minimum absolute atomic E-state index is 0.0385. The van der Waals surface area contributed by atoms with Gasteiger partial charge in [-0.15, -0.1) is 0 Å². The second-order valence-electron chi connectivity index (χ2n) is 6.85. The number of methoxy groups -OCH3 is 1. The molecule has 0 spiro atoms. The summed E-state index contributed by atoms with van der Waals surface area (Å²) in [6.07, 6.45) is 1.91. The summed E-state index contributed by atoms with van der Waals surface area (Å²) in [5.74, 6) is -2.00. The van der Waals surface area contributed by atoms with Crippen LogP contribution in [0.25, 0.3) is 0 Å². The molecule has 0 unspecified atom stereocenters. The number of hydrogen-bond acceptors (Lipinski definition) is 8. The molecule has 2 aromatic rings. The van der Waals surface area contributed by atoms with Crippen molar-refractivity contribution in [2.45, 2.75) is 12.8 Å². The first-order valence-corrected chi connectivity index (χ1v) is 9.58. The van der Waals surface area contributed by atoms with E-state index in [1.807, 2.05) is 4.90 Å². The number of benzene rings is 2. The Morgan fingerprint density at radius 3 is 2.52 bits per heavy atom. The molecule has 2 aromatic carbocycles. The van der Waals surface area contributed by atoms with Gasteiger partial charge in [-0.25, -0.2) is 9.59 Å². The third-order valence-corrected chi connectivity index (χ3v) is 4.76. The van der Waals surface area contributed by atoms with E-state index in [4.69, 9.17) is 4.74 Å². The van der Waals surface area contributed by atoms with E-state index in [9.17, 15) is 24.5 Å². The predicted octanol–water partition coefficient (Wildman–Crippen LogP) is 2.78. The van der Waals surface area contributed by atoms with Crippen LogP contribution in [0.5, 0.6) is 0 Å². The van der Waals surface area contributed by atoms with Crippen LogP contribution >= 0.6 is 0 Å². The average molecular weight is 427 g/mol. The summed E-state index contributed by atoms with van der Waals surface area (Å²) in [6, 6.07) is 10.1. The van der Waals surface area contributed by atoms with Crippen LogP contribution in [0, 0.1) is 10.1 Å². The quantitative estimate of drug-likeness (QED) is 0.406. The molecule has 10 nitrogen and oxygen atoms in total. The number of ether oxygens (including phenoxy) is 2. The Labute approximate surface area is 177 Å². The van der Waals surface area contributed by atoms with Gasteiger partial charge >= 0.3 is 11.9 Å². The van der Waals surface area contributed by atoms with Gasteiger partial charge in [-0.05, 0) is 37.1 Å². The van der Waals surface area contributed by atoms with E-state index in [-0.39, 0.29) is 16.8 Å². The van der Waals surface area contributed by atoms with Crippen molar-refractivity contribution in [2.24, 2.45) is 0 Å². The van der Waals surface area contributed by atoms with Crippen LogP contribution in [0.4, 0.5) is 17.1 Å². The number of rotatable bonds is 7. The highest BCUT2D eigenvalue weighted by Gasteiger charge is 2.24. The Bertz CT molecular complexity index is 1020. The average Bonchev–Trinajstić information content (AvgIpc) is 3.31. The third kappa shape index (κ3) is 5.35. The lowest BCUT2D eigenvalue weighted by Crippen LogP contribution is -2.24. The summed E-state index contributed by atoms with van der Waals surface area (Å²) < 4.78 is 9.74. The Morgan fingerprint density at radius 2 is 1.84 bits per heavy atom. The fourth-order valence-corrected chi connectivity index (χ4v) is 3.28. The van der Waals surface area contributed by atoms with Crippen molar-refractivity contribution in [3.8, 4) is 0 Å². The molecule has 1 aliphatic rings. The lowest BCUT2D eigenvalue weighted by molar-refractivity contribution is -0.384. The monoisotopic (exact) mass is 427 g/mol. The van der Waals surface area contributed by atoms with E-state index < -0.39 is 29.4 Å². The molecular weight excluding hydrogens is 406 g/mol. The maximum absolute atomic E-state index is 12.6. The molecule has 0 aliphatic carbocycles. The number of esters is 2. The maximum atomic E-state index is 12.6. The van der Waals surface area contributed by atoms with Crippen LogP contribution in [0.3, 0.4) is 0 Å². The van der Waals surface area contributed by atoms with Crippen molar-refractivity contribution in [1.29, 1.82) is 0 Å². The number of amides is 1. The Hall–Kier alpha value is -3.95. The zero-order valence-electron chi connectivity index (χ0n) is 16.8. The van der Waals surface area contributed by atoms with Crippen LogP contribution in [-0.2, 0) is 14.3 Å². The predicted molar refractivity (Wildman–Crippen MR) is 111 cm³/mol. The molecule has 3 rings (SSSR count). The van der Waals surface area contributed by atoms with E-state index >= 15 is 0 Å². The molecule has 10 heteroatoms. The van der Waals surface area contributed by atoms with Gasteiger partial charge < -0.3 is 19.7 Å². The summed E-state index contributed by atoms with van der Waals surface area (Å²) >= 11 is 0. The van der Waals surface area contributed by atoms with E-state index in [0.29, 0.717) is 11.4 Å². The number of carbonyl (C=O) groups is 3. The largest absolute Gasteiger partial charge is 0.465 e. The van der Waals surface area contributed by atoms with E-state index in [2.05, 4.69) is 10.1 Å². The number of hydrogen-bond donors (Lipinski definition) is 1. The van der Waals surface area contributed by atoms with Crippen molar-refractivity contribution in [2.75, 3.05) is 37.0 Å². The Kier molecular flexibility index (Phi) is 6.81. The molecule has 162 valence electrons. The Morgan fingerprint density at radius 1 is 1.10 bits per heavy atom. The lowest BCUT2D eigenvalue weighted by atomic mass is 10.1. The van der Waals surface area contributed by atoms with Crippen molar-refractivity contribution < 1.29 is 28.8 Å². The number of nitrogens with zero attached hydrogens (tertiary/aromatic N) is 2. The van der Waals surface area contributed by atoms with Crippen molar-refractivity contribution in [3.63, 3.8) is 0 Å². The SMILES string of the molecule is COC(=O)c1cccc(NC(=O)COC(=O)c2cc([N+](=O)[O-])ccc2N2CCCC2)c1. The first-order chi connectivity index (χ1) is 14.9. The van der Waals surface area contributed by atoms with Gasteiger partial charge in [-0.3, -0.25) is 14.9 Å². The van der Waals surface area contributed by atoms with Gasteiger partial charge in [0, 0.05) is 30.9 Å². The van der Waals surface area contributed by atoms with Gasteiger partial charge in [0.2, 0.25) is 0 Å². The Balaban J connectivity index is 1.68. The number of nitro groups is 1. The summed E-state index contributed by atoms with van der Waals surface area (Å²) in [4.78, 5) is 48.9. The maximum Gasteiger partial charge on any atom is 0.341 e. The van der Waals surface area contributed by atoms with E-state index in [1.165, 1.54) is 31.4 Å². The molecule has 1 saturated heterocycles.